The quantitative estimate of drug-likeness (QED) is 0.420. The summed E-state index contributed by atoms with van der Waals surface area (Å²) in [7, 11) is -3.66. The van der Waals surface area contributed by atoms with Gasteiger partial charge in [0.05, 0.1) is 16.4 Å². The van der Waals surface area contributed by atoms with Crippen LogP contribution in [0.5, 0.6) is 0 Å². The minimum Gasteiger partial charge on any atom is -0.372 e. The Morgan fingerprint density at radius 3 is 2.72 bits per heavy atom. The lowest BCUT2D eigenvalue weighted by Gasteiger charge is -2.30. The van der Waals surface area contributed by atoms with Crippen LogP contribution in [0.1, 0.15) is 30.1 Å². The summed E-state index contributed by atoms with van der Waals surface area (Å²) in [6, 6.07) is 12.0. The number of carbonyl (C=O) groups excluding carboxylic acids is 1. The molecule has 0 amide bonds. The number of hydrogen-bond acceptors (Lipinski definition) is 6. The lowest BCUT2D eigenvalue weighted by molar-refractivity contribution is -0.383. The van der Waals surface area contributed by atoms with E-state index in [0.29, 0.717) is 19.0 Å². The topological polar surface area (TPSA) is 110 Å². The van der Waals surface area contributed by atoms with Crippen molar-refractivity contribution in [3.05, 3.63) is 64.2 Å². The summed E-state index contributed by atoms with van der Waals surface area (Å²) >= 11 is 0. The van der Waals surface area contributed by atoms with Crippen molar-refractivity contribution in [2.45, 2.75) is 24.7 Å². The molecule has 0 saturated carbocycles. The van der Waals surface area contributed by atoms with Gasteiger partial charge in [0.2, 0.25) is 10.0 Å². The molecular formula is C20H23N3O5S. The standard InChI is InChI=1S/C20H23N3O5S/c1-15-6-5-11-22(14-15)29(27,28)17-8-4-7-16(12-17)20(24)13-21-18-9-2-3-10-19(18)23(25)26/h2-4,7-10,12,15,21H,5-6,11,13-14H2,1H3. The Balaban J connectivity index is 1.75. The molecule has 2 aromatic rings. The van der Waals surface area contributed by atoms with Crippen LogP contribution < -0.4 is 5.32 Å². The first-order valence-corrected chi connectivity index (χ1v) is 10.8. The molecule has 1 saturated heterocycles. The van der Waals surface area contributed by atoms with Crippen molar-refractivity contribution in [1.29, 1.82) is 0 Å². The number of rotatable bonds is 7. The third-order valence-electron chi connectivity index (χ3n) is 4.95. The summed E-state index contributed by atoms with van der Waals surface area (Å²) in [5, 5.41) is 13.8. The summed E-state index contributed by atoms with van der Waals surface area (Å²) < 4.78 is 27.3. The summed E-state index contributed by atoms with van der Waals surface area (Å²) in [6.45, 7) is 2.79. The molecule has 2 aromatic carbocycles. The third-order valence-corrected chi connectivity index (χ3v) is 6.81. The maximum Gasteiger partial charge on any atom is 0.292 e. The van der Waals surface area contributed by atoms with Crippen molar-refractivity contribution >= 4 is 27.2 Å². The Morgan fingerprint density at radius 2 is 2.00 bits per heavy atom. The first-order chi connectivity index (χ1) is 13.8. The van der Waals surface area contributed by atoms with Gasteiger partial charge in [-0.15, -0.1) is 0 Å². The first-order valence-electron chi connectivity index (χ1n) is 9.40. The fourth-order valence-corrected chi connectivity index (χ4v) is 5.05. The SMILES string of the molecule is CC1CCCN(S(=O)(=O)c2cccc(C(=O)CNc3ccccc3[N+](=O)[O-])c2)C1. The number of para-hydroxylation sites is 2. The maximum absolute atomic E-state index is 12.9. The van der Waals surface area contributed by atoms with Crippen LogP contribution >= 0.6 is 0 Å². The van der Waals surface area contributed by atoms with Crippen molar-refractivity contribution in [3.8, 4) is 0 Å². The van der Waals surface area contributed by atoms with E-state index in [2.05, 4.69) is 5.32 Å². The number of sulfonamides is 1. The lowest BCUT2D eigenvalue weighted by Crippen LogP contribution is -2.39. The molecule has 3 rings (SSSR count). The minimum atomic E-state index is -3.66. The van der Waals surface area contributed by atoms with E-state index >= 15 is 0 Å². The molecule has 0 aliphatic carbocycles. The number of nitrogens with one attached hydrogen (secondary N) is 1. The first kappa shape index (κ1) is 20.9. The molecule has 9 heteroatoms. The van der Waals surface area contributed by atoms with Gasteiger partial charge in [0.25, 0.3) is 5.69 Å². The van der Waals surface area contributed by atoms with Gasteiger partial charge in [-0.05, 0) is 37.0 Å². The normalized spacial score (nSPS) is 17.6. The minimum absolute atomic E-state index is 0.0862. The molecule has 0 aromatic heterocycles. The highest BCUT2D eigenvalue weighted by Gasteiger charge is 2.29. The van der Waals surface area contributed by atoms with Crippen LogP contribution in [0.15, 0.2) is 53.4 Å². The smallest absolute Gasteiger partial charge is 0.292 e. The van der Waals surface area contributed by atoms with Crippen LogP contribution in [0.3, 0.4) is 0 Å². The number of anilines is 1. The largest absolute Gasteiger partial charge is 0.372 e. The molecule has 8 nitrogen and oxygen atoms in total. The summed E-state index contributed by atoms with van der Waals surface area (Å²) in [6.07, 6.45) is 1.82. The van der Waals surface area contributed by atoms with Gasteiger partial charge in [-0.25, -0.2) is 8.42 Å². The summed E-state index contributed by atoms with van der Waals surface area (Å²) in [5.41, 5.74) is 0.343. The van der Waals surface area contributed by atoms with Gasteiger partial charge in [0.15, 0.2) is 5.78 Å². The molecule has 1 aliphatic rings. The van der Waals surface area contributed by atoms with Gasteiger partial charge in [-0.2, -0.15) is 4.31 Å². The highest BCUT2D eigenvalue weighted by Crippen LogP contribution is 2.25. The number of benzene rings is 2. The molecular weight excluding hydrogens is 394 g/mol. The van der Waals surface area contributed by atoms with E-state index in [4.69, 9.17) is 0 Å². The van der Waals surface area contributed by atoms with E-state index in [1.807, 2.05) is 6.92 Å². The molecule has 1 aliphatic heterocycles. The van der Waals surface area contributed by atoms with E-state index in [1.54, 1.807) is 24.3 Å². The van der Waals surface area contributed by atoms with Gasteiger partial charge >= 0.3 is 0 Å². The number of nitro benzene ring substituents is 1. The Kier molecular flexibility index (Phi) is 6.29. The molecule has 154 valence electrons. The monoisotopic (exact) mass is 417 g/mol. The number of Topliss-reactive ketones (excluding diaryl/α,β-unsaturated/α-hetero) is 1. The van der Waals surface area contributed by atoms with Crippen molar-refractivity contribution in [2.24, 2.45) is 5.92 Å². The average molecular weight is 417 g/mol. The van der Waals surface area contributed by atoms with Crippen LogP contribution in [0.2, 0.25) is 0 Å². The van der Waals surface area contributed by atoms with Gasteiger partial charge in [0.1, 0.15) is 5.69 Å². The van der Waals surface area contributed by atoms with Gasteiger partial charge in [0, 0.05) is 24.7 Å². The highest BCUT2D eigenvalue weighted by atomic mass is 32.2. The molecule has 0 bridgehead atoms. The Hall–Kier alpha value is -2.78. The van der Waals surface area contributed by atoms with Crippen LogP contribution in [0.25, 0.3) is 0 Å². The molecule has 1 N–H and O–H groups in total. The second-order valence-corrected chi connectivity index (χ2v) is 9.13. The molecule has 29 heavy (non-hydrogen) atoms. The predicted octanol–water partition coefficient (Wildman–Crippen LogP) is 3.31. The number of nitro groups is 1. The zero-order chi connectivity index (χ0) is 21.0. The zero-order valence-electron chi connectivity index (χ0n) is 16.1. The number of nitrogens with zero attached hydrogens (tertiary/aromatic N) is 2. The van der Waals surface area contributed by atoms with Crippen LogP contribution in [0, 0.1) is 16.0 Å². The second-order valence-electron chi connectivity index (χ2n) is 7.19. The average Bonchev–Trinajstić information content (AvgIpc) is 2.72. The van der Waals surface area contributed by atoms with Gasteiger partial charge < -0.3 is 5.32 Å². The zero-order valence-corrected chi connectivity index (χ0v) is 16.9. The van der Waals surface area contributed by atoms with Gasteiger partial charge in [-0.1, -0.05) is 31.2 Å². The van der Waals surface area contributed by atoms with E-state index in [9.17, 15) is 23.3 Å². The van der Waals surface area contributed by atoms with Crippen molar-refractivity contribution in [1.82, 2.24) is 4.31 Å². The fourth-order valence-electron chi connectivity index (χ4n) is 3.40. The molecule has 1 fully saturated rings. The van der Waals surface area contributed by atoms with Gasteiger partial charge in [-0.3, -0.25) is 14.9 Å². The maximum atomic E-state index is 12.9. The molecule has 0 radical (unpaired) electrons. The fraction of sp³-hybridized carbons (Fsp3) is 0.350. The number of carbonyl (C=O) groups is 1. The van der Waals surface area contributed by atoms with E-state index in [0.717, 1.165) is 12.8 Å². The van der Waals surface area contributed by atoms with Crippen molar-refractivity contribution < 1.29 is 18.1 Å². The molecule has 1 heterocycles. The number of ketones is 1. The van der Waals surface area contributed by atoms with Crippen LogP contribution in [0.4, 0.5) is 11.4 Å². The van der Waals surface area contributed by atoms with Crippen LogP contribution in [-0.2, 0) is 10.0 Å². The predicted molar refractivity (Wildman–Crippen MR) is 110 cm³/mol. The second kappa shape index (κ2) is 8.71. The Morgan fingerprint density at radius 1 is 1.24 bits per heavy atom. The number of piperidine rings is 1. The lowest BCUT2D eigenvalue weighted by atomic mass is 10.0. The van der Waals surface area contributed by atoms with Crippen molar-refractivity contribution in [2.75, 3.05) is 25.0 Å². The van der Waals surface area contributed by atoms with Crippen LogP contribution in [-0.4, -0.2) is 43.1 Å². The van der Waals surface area contributed by atoms with Crippen molar-refractivity contribution in [3.63, 3.8) is 0 Å². The van der Waals surface area contributed by atoms with E-state index in [-0.39, 0.29) is 34.2 Å². The Labute approximate surface area is 169 Å². The summed E-state index contributed by atoms with van der Waals surface area (Å²) in [4.78, 5) is 23.2. The highest BCUT2D eigenvalue weighted by molar-refractivity contribution is 7.89. The Bertz CT molecular complexity index is 1020. The molecule has 0 spiro atoms. The molecule has 1 unspecified atom stereocenters. The molecule has 1 atom stereocenters. The summed E-state index contributed by atoms with van der Waals surface area (Å²) in [5.74, 6) is -0.0542. The third kappa shape index (κ3) is 4.80. The van der Waals surface area contributed by atoms with E-state index in [1.165, 1.54) is 28.6 Å². The van der Waals surface area contributed by atoms with E-state index < -0.39 is 14.9 Å². The number of hydrogen-bond donors (Lipinski definition) is 1.